The first-order valence-electron chi connectivity index (χ1n) is 6.01. The molecule has 0 aliphatic heterocycles. The molecule has 0 bridgehead atoms. The minimum atomic E-state index is -0.481. The van der Waals surface area contributed by atoms with Gasteiger partial charge in [0.25, 0.3) is 5.56 Å². The van der Waals surface area contributed by atoms with Crippen LogP contribution in [0.3, 0.4) is 0 Å². The highest BCUT2D eigenvalue weighted by Gasteiger charge is 2.14. The van der Waals surface area contributed by atoms with E-state index in [9.17, 15) is 9.90 Å². The number of nitrogens with zero attached hydrogens (tertiary/aromatic N) is 3. The van der Waals surface area contributed by atoms with Gasteiger partial charge in [0.05, 0.1) is 6.20 Å². The molecule has 6 nitrogen and oxygen atoms in total. The van der Waals surface area contributed by atoms with Crippen molar-refractivity contribution in [3.63, 3.8) is 0 Å². The molecule has 3 aromatic rings. The Hall–Kier alpha value is -2.73. The number of aromatic amines is 1. The van der Waals surface area contributed by atoms with E-state index in [1.807, 2.05) is 0 Å². The molecule has 0 saturated carbocycles. The monoisotopic (exact) mass is 300 g/mol. The molecule has 7 heteroatoms. The van der Waals surface area contributed by atoms with Crippen molar-refractivity contribution in [3.05, 3.63) is 58.2 Å². The number of hydrogen-bond acceptors (Lipinski definition) is 5. The number of nitrogens with one attached hydrogen (secondary N) is 1. The van der Waals surface area contributed by atoms with Gasteiger partial charge in [0, 0.05) is 17.4 Å². The zero-order valence-corrected chi connectivity index (χ0v) is 11.4. The van der Waals surface area contributed by atoms with Gasteiger partial charge in [0.15, 0.2) is 5.82 Å². The van der Waals surface area contributed by atoms with Gasteiger partial charge < -0.3 is 10.1 Å². The minimum Gasteiger partial charge on any atom is -0.493 e. The predicted octanol–water partition coefficient (Wildman–Crippen LogP) is 2.25. The third-order valence-corrected chi connectivity index (χ3v) is 3.05. The Kier molecular flexibility index (Phi) is 3.37. The number of hydrogen-bond donors (Lipinski definition) is 2. The fourth-order valence-electron chi connectivity index (χ4n) is 1.91. The summed E-state index contributed by atoms with van der Waals surface area (Å²) >= 11 is 5.89. The number of halogens is 1. The summed E-state index contributed by atoms with van der Waals surface area (Å²) in [6.07, 6.45) is 4.41. The van der Waals surface area contributed by atoms with Crippen molar-refractivity contribution in [2.24, 2.45) is 0 Å². The number of H-pyrrole nitrogens is 1. The van der Waals surface area contributed by atoms with E-state index in [0.717, 1.165) is 0 Å². The third kappa shape index (κ3) is 2.61. The second-order valence-electron chi connectivity index (χ2n) is 4.21. The standard InChI is InChI=1S/C14H9ClN4O2/c15-9-3-1-2-8(6-9)11-13(20)18-12(19-14(11)21)10-7-16-4-5-17-10/h1-7H,(H2,18,19,20,21). The van der Waals surface area contributed by atoms with E-state index in [4.69, 9.17) is 11.6 Å². The van der Waals surface area contributed by atoms with Gasteiger partial charge in [0.2, 0.25) is 5.88 Å². The maximum absolute atomic E-state index is 12.2. The SMILES string of the molecule is O=c1[nH]c(-c2cnccn2)nc(O)c1-c1cccc(Cl)c1. The van der Waals surface area contributed by atoms with E-state index >= 15 is 0 Å². The molecule has 0 unspecified atom stereocenters. The Morgan fingerprint density at radius 2 is 2.10 bits per heavy atom. The molecule has 3 rings (SSSR count). The summed E-state index contributed by atoms with van der Waals surface area (Å²) in [5.74, 6) is -0.238. The molecule has 104 valence electrons. The molecule has 0 atom stereocenters. The summed E-state index contributed by atoms with van der Waals surface area (Å²) in [7, 11) is 0. The molecule has 21 heavy (non-hydrogen) atoms. The number of rotatable bonds is 2. The second kappa shape index (κ2) is 5.34. The smallest absolute Gasteiger partial charge is 0.262 e. The van der Waals surface area contributed by atoms with Gasteiger partial charge in [-0.2, -0.15) is 4.98 Å². The lowest BCUT2D eigenvalue weighted by molar-refractivity contribution is 0.454. The highest BCUT2D eigenvalue weighted by molar-refractivity contribution is 6.30. The van der Waals surface area contributed by atoms with Crippen LogP contribution in [0.5, 0.6) is 5.88 Å². The largest absolute Gasteiger partial charge is 0.493 e. The van der Waals surface area contributed by atoms with Gasteiger partial charge in [0.1, 0.15) is 11.3 Å². The molecule has 0 saturated heterocycles. The summed E-state index contributed by atoms with van der Waals surface area (Å²) in [6.45, 7) is 0. The molecule has 2 aromatic heterocycles. The minimum absolute atomic E-state index is 0.0603. The fourth-order valence-corrected chi connectivity index (χ4v) is 2.10. The lowest BCUT2D eigenvalue weighted by atomic mass is 10.1. The third-order valence-electron chi connectivity index (χ3n) is 2.82. The van der Waals surface area contributed by atoms with Gasteiger partial charge in [-0.15, -0.1) is 0 Å². The van der Waals surface area contributed by atoms with Crippen molar-refractivity contribution in [2.75, 3.05) is 0 Å². The highest BCUT2D eigenvalue weighted by Crippen LogP contribution is 2.26. The first-order chi connectivity index (χ1) is 10.1. The molecule has 0 aliphatic rings. The normalized spacial score (nSPS) is 10.5. The van der Waals surface area contributed by atoms with Crippen molar-refractivity contribution in [1.29, 1.82) is 0 Å². The summed E-state index contributed by atoms with van der Waals surface area (Å²) in [5, 5.41) is 10.5. The van der Waals surface area contributed by atoms with Crippen LogP contribution in [-0.4, -0.2) is 25.0 Å². The lowest BCUT2D eigenvalue weighted by Crippen LogP contribution is -2.12. The topological polar surface area (TPSA) is 91.8 Å². The summed E-state index contributed by atoms with van der Waals surface area (Å²) in [5.41, 5.74) is 0.428. The Morgan fingerprint density at radius 1 is 1.24 bits per heavy atom. The van der Waals surface area contributed by atoms with Gasteiger partial charge in [-0.3, -0.25) is 9.78 Å². The molecular formula is C14H9ClN4O2. The van der Waals surface area contributed by atoms with Gasteiger partial charge in [-0.25, -0.2) is 4.98 Å². The fraction of sp³-hybridized carbons (Fsp3) is 0. The van der Waals surface area contributed by atoms with Gasteiger partial charge in [-0.05, 0) is 17.7 Å². The quantitative estimate of drug-likeness (QED) is 0.757. The maximum Gasteiger partial charge on any atom is 0.262 e. The Labute approximate surface area is 124 Å². The Morgan fingerprint density at radius 3 is 2.76 bits per heavy atom. The molecule has 0 aliphatic carbocycles. The maximum atomic E-state index is 12.2. The highest BCUT2D eigenvalue weighted by atomic mass is 35.5. The van der Waals surface area contributed by atoms with Gasteiger partial charge >= 0.3 is 0 Å². The Bertz CT molecular complexity index is 849. The molecule has 2 heterocycles. The van der Waals surface area contributed by atoms with Crippen molar-refractivity contribution in [3.8, 4) is 28.5 Å². The van der Waals surface area contributed by atoms with Crippen molar-refractivity contribution < 1.29 is 5.11 Å². The average molecular weight is 301 g/mol. The van der Waals surface area contributed by atoms with E-state index < -0.39 is 5.56 Å². The van der Waals surface area contributed by atoms with Crippen molar-refractivity contribution >= 4 is 11.6 Å². The number of aromatic nitrogens is 4. The van der Waals surface area contributed by atoms with Crippen LogP contribution in [0, 0.1) is 0 Å². The van der Waals surface area contributed by atoms with Crippen molar-refractivity contribution in [2.45, 2.75) is 0 Å². The van der Waals surface area contributed by atoms with Gasteiger partial charge in [-0.1, -0.05) is 23.7 Å². The number of benzene rings is 1. The number of aromatic hydroxyl groups is 1. The van der Waals surface area contributed by atoms with Crippen molar-refractivity contribution in [1.82, 2.24) is 19.9 Å². The molecular weight excluding hydrogens is 292 g/mol. The van der Waals surface area contributed by atoms with E-state index in [1.165, 1.54) is 18.6 Å². The predicted molar refractivity (Wildman–Crippen MR) is 78.0 cm³/mol. The average Bonchev–Trinajstić information content (AvgIpc) is 2.47. The zero-order chi connectivity index (χ0) is 14.8. The zero-order valence-electron chi connectivity index (χ0n) is 10.6. The first-order valence-corrected chi connectivity index (χ1v) is 6.38. The van der Waals surface area contributed by atoms with Crippen LogP contribution in [-0.2, 0) is 0 Å². The van der Waals surface area contributed by atoms with Crippen LogP contribution in [0.15, 0.2) is 47.7 Å². The summed E-state index contributed by atoms with van der Waals surface area (Å²) < 4.78 is 0. The summed E-state index contributed by atoms with van der Waals surface area (Å²) in [6, 6.07) is 6.61. The van der Waals surface area contributed by atoms with E-state index in [1.54, 1.807) is 24.3 Å². The Balaban J connectivity index is 2.16. The van der Waals surface area contributed by atoms with Crippen LogP contribution in [0.4, 0.5) is 0 Å². The molecule has 0 fully saturated rings. The molecule has 0 amide bonds. The second-order valence-corrected chi connectivity index (χ2v) is 4.65. The molecule has 0 spiro atoms. The van der Waals surface area contributed by atoms with Crippen LogP contribution in [0.25, 0.3) is 22.6 Å². The lowest BCUT2D eigenvalue weighted by Gasteiger charge is -2.06. The van der Waals surface area contributed by atoms with E-state index in [0.29, 0.717) is 16.3 Å². The van der Waals surface area contributed by atoms with E-state index in [2.05, 4.69) is 19.9 Å². The molecule has 0 radical (unpaired) electrons. The molecule has 2 N–H and O–H groups in total. The molecule has 1 aromatic carbocycles. The van der Waals surface area contributed by atoms with E-state index in [-0.39, 0.29) is 17.3 Å². The van der Waals surface area contributed by atoms with Crippen LogP contribution < -0.4 is 5.56 Å². The summed E-state index contributed by atoms with van der Waals surface area (Å²) in [4.78, 5) is 26.7. The van der Waals surface area contributed by atoms with Crippen LogP contribution >= 0.6 is 11.6 Å². The van der Waals surface area contributed by atoms with Crippen LogP contribution in [0.2, 0.25) is 5.02 Å². The first kappa shape index (κ1) is 13.3. The van der Waals surface area contributed by atoms with Crippen LogP contribution in [0.1, 0.15) is 0 Å².